The summed E-state index contributed by atoms with van der Waals surface area (Å²) in [5.41, 5.74) is 3.34. The van der Waals surface area contributed by atoms with Gasteiger partial charge in [0.2, 0.25) is 0 Å². The van der Waals surface area contributed by atoms with E-state index in [0.29, 0.717) is 24.5 Å². The molecule has 1 aliphatic heterocycles. The number of hydrogen-bond donors (Lipinski definition) is 0. The standard InChI is InChI=1S/C23H28ClN3O5S/c1-4-26(19-11-12-33(30,31)15-19)22(28)14-32-23(29)10-9-20-16(2)25-27(17(20)3)13-18-7-5-6-8-21(18)24/h5-10,19H,4,11-15H2,1-3H3. The zero-order valence-electron chi connectivity index (χ0n) is 19.0. The molecule has 1 saturated heterocycles. The normalized spacial score (nSPS) is 17.4. The van der Waals surface area contributed by atoms with E-state index in [1.54, 1.807) is 13.0 Å². The SMILES string of the molecule is CCN(C(=O)COC(=O)C=Cc1c(C)nn(Cc2ccccc2Cl)c1C)C1CCS(=O)(=O)C1. The zero-order valence-corrected chi connectivity index (χ0v) is 20.5. The van der Waals surface area contributed by atoms with Crippen molar-refractivity contribution in [3.8, 4) is 0 Å². The van der Waals surface area contributed by atoms with E-state index >= 15 is 0 Å². The quantitative estimate of drug-likeness (QED) is 0.414. The van der Waals surface area contributed by atoms with Gasteiger partial charge in [0.1, 0.15) is 0 Å². The van der Waals surface area contributed by atoms with Crippen LogP contribution >= 0.6 is 11.6 Å². The predicted molar refractivity (Wildman–Crippen MR) is 127 cm³/mol. The van der Waals surface area contributed by atoms with E-state index in [2.05, 4.69) is 5.10 Å². The number of hydrogen-bond acceptors (Lipinski definition) is 6. The first-order chi connectivity index (χ1) is 15.6. The number of sulfone groups is 1. The average molecular weight is 494 g/mol. The van der Waals surface area contributed by atoms with E-state index in [1.165, 1.54) is 11.0 Å². The second-order valence-corrected chi connectivity index (χ2v) is 10.6. The Labute approximate surface area is 199 Å². The summed E-state index contributed by atoms with van der Waals surface area (Å²) in [6, 6.07) is 7.18. The van der Waals surface area contributed by atoms with Gasteiger partial charge in [0.05, 0.1) is 23.7 Å². The minimum absolute atomic E-state index is 0.0445. The van der Waals surface area contributed by atoms with Crippen molar-refractivity contribution in [2.45, 2.75) is 39.8 Å². The van der Waals surface area contributed by atoms with Gasteiger partial charge in [0, 0.05) is 34.9 Å². The summed E-state index contributed by atoms with van der Waals surface area (Å²) in [6.45, 7) is 5.95. The molecule has 1 amide bonds. The van der Waals surface area contributed by atoms with Crippen molar-refractivity contribution in [1.29, 1.82) is 0 Å². The maximum Gasteiger partial charge on any atom is 0.331 e. The lowest BCUT2D eigenvalue weighted by molar-refractivity contribution is -0.149. The number of esters is 1. The fourth-order valence-corrected chi connectivity index (χ4v) is 5.89. The summed E-state index contributed by atoms with van der Waals surface area (Å²) < 4.78 is 30.3. The van der Waals surface area contributed by atoms with Crippen LogP contribution in [-0.2, 0) is 30.7 Å². The Kier molecular flexibility index (Phi) is 7.97. The van der Waals surface area contributed by atoms with Gasteiger partial charge in [-0.1, -0.05) is 29.8 Å². The van der Waals surface area contributed by atoms with Gasteiger partial charge in [0.25, 0.3) is 5.91 Å². The molecule has 178 valence electrons. The minimum atomic E-state index is -3.11. The van der Waals surface area contributed by atoms with Gasteiger partial charge in [-0.05, 0) is 44.9 Å². The smallest absolute Gasteiger partial charge is 0.331 e. The van der Waals surface area contributed by atoms with Crippen LogP contribution < -0.4 is 0 Å². The molecule has 0 saturated carbocycles. The molecule has 1 atom stereocenters. The van der Waals surface area contributed by atoms with Crippen LogP contribution in [0.2, 0.25) is 5.02 Å². The summed E-state index contributed by atoms with van der Waals surface area (Å²) >= 11 is 6.25. The molecule has 1 aromatic heterocycles. The van der Waals surface area contributed by atoms with E-state index in [9.17, 15) is 18.0 Å². The number of carbonyl (C=O) groups is 2. The fraction of sp³-hybridized carbons (Fsp3) is 0.435. The molecule has 1 unspecified atom stereocenters. The number of carbonyl (C=O) groups excluding carboxylic acids is 2. The number of amides is 1. The Morgan fingerprint density at radius 3 is 2.67 bits per heavy atom. The predicted octanol–water partition coefficient (Wildman–Crippen LogP) is 2.79. The van der Waals surface area contributed by atoms with Gasteiger partial charge in [-0.3, -0.25) is 9.48 Å². The second kappa shape index (κ2) is 10.5. The lowest BCUT2D eigenvalue weighted by atomic mass is 10.1. The van der Waals surface area contributed by atoms with Crippen molar-refractivity contribution in [1.82, 2.24) is 14.7 Å². The molecule has 33 heavy (non-hydrogen) atoms. The Balaban J connectivity index is 1.60. The van der Waals surface area contributed by atoms with E-state index in [-0.39, 0.29) is 17.5 Å². The van der Waals surface area contributed by atoms with Crippen LogP contribution in [-0.4, -0.2) is 65.7 Å². The summed E-state index contributed by atoms with van der Waals surface area (Å²) in [4.78, 5) is 26.1. The van der Waals surface area contributed by atoms with E-state index < -0.39 is 28.3 Å². The van der Waals surface area contributed by atoms with Crippen molar-refractivity contribution in [2.75, 3.05) is 24.7 Å². The van der Waals surface area contributed by atoms with Crippen LogP contribution in [0.25, 0.3) is 6.08 Å². The maximum absolute atomic E-state index is 12.5. The molecule has 1 fully saturated rings. The molecule has 1 aliphatic rings. The van der Waals surface area contributed by atoms with Gasteiger partial charge >= 0.3 is 5.97 Å². The molecule has 0 N–H and O–H groups in total. The van der Waals surface area contributed by atoms with Crippen LogP contribution in [0.3, 0.4) is 0 Å². The largest absolute Gasteiger partial charge is 0.452 e. The van der Waals surface area contributed by atoms with E-state index in [4.69, 9.17) is 16.3 Å². The number of aromatic nitrogens is 2. The highest BCUT2D eigenvalue weighted by Gasteiger charge is 2.34. The first-order valence-corrected chi connectivity index (χ1v) is 12.9. The number of likely N-dealkylation sites (N-methyl/N-ethyl adjacent to an activating group) is 1. The van der Waals surface area contributed by atoms with Crippen LogP contribution in [0.4, 0.5) is 0 Å². The van der Waals surface area contributed by atoms with Crippen molar-refractivity contribution < 1.29 is 22.7 Å². The number of ether oxygens (including phenoxy) is 1. The molecule has 2 heterocycles. The average Bonchev–Trinajstić information content (AvgIpc) is 3.25. The molecule has 0 bridgehead atoms. The van der Waals surface area contributed by atoms with Crippen LogP contribution in [0.1, 0.15) is 35.9 Å². The van der Waals surface area contributed by atoms with Gasteiger partial charge < -0.3 is 9.64 Å². The Morgan fingerprint density at radius 1 is 1.30 bits per heavy atom. The van der Waals surface area contributed by atoms with Crippen LogP contribution in [0, 0.1) is 13.8 Å². The first-order valence-electron chi connectivity index (χ1n) is 10.7. The van der Waals surface area contributed by atoms with E-state index in [1.807, 2.05) is 42.8 Å². The highest BCUT2D eigenvalue weighted by molar-refractivity contribution is 7.91. The third-order valence-corrected chi connectivity index (χ3v) is 7.87. The van der Waals surface area contributed by atoms with Crippen molar-refractivity contribution in [3.63, 3.8) is 0 Å². The lowest BCUT2D eigenvalue weighted by Gasteiger charge is -2.26. The van der Waals surface area contributed by atoms with Crippen molar-refractivity contribution in [3.05, 3.63) is 57.9 Å². The Bertz CT molecular complexity index is 1170. The molecule has 3 rings (SSSR count). The number of benzene rings is 1. The Morgan fingerprint density at radius 2 is 2.03 bits per heavy atom. The second-order valence-electron chi connectivity index (χ2n) is 8.01. The molecule has 1 aromatic carbocycles. The van der Waals surface area contributed by atoms with Gasteiger partial charge in [-0.15, -0.1) is 0 Å². The fourth-order valence-electron chi connectivity index (χ4n) is 3.97. The minimum Gasteiger partial charge on any atom is -0.452 e. The number of nitrogens with zero attached hydrogens (tertiary/aromatic N) is 3. The molecule has 10 heteroatoms. The number of halogens is 1. The monoisotopic (exact) mass is 493 g/mol. The number of rotatable bonds is 8. The Hall–Kier alpha value is -2.65. The van der Waals surface area contributed by atoms with Crippen LogP contribution in [0.5, 0.6) is 0 Å². The highest BCUT2D eigenvalue weighted by Crippen LogP contribution is 2.21. The molecule has 0 radical (unpaired) electrons. The first kappa shape index (κ1) is 25.0. The summed E-state index contributed by atoms with van der Waals surface area (Å²) in [5.74, 6) is -1.03. The summed E-state index contributed by atoms with van der Waals surface area (Å²) in [6.07, 6.45) is 3.29. The summed E-state index contributed by atoms with van der Waals surface area (Å²) in [5, 5.41) is 5.19. The van der Waals surface area contributed by atoms with Gasteiger partial charge in [-0.25, -0.2) is 13.2 Å². The zero-order chi connectivity index (χ0) is 24.2. The number of aryl methyl sites for hydroxylation is 1. The topological polar surface area (TPSA) is 98.6 Å². The summed E-state index contributed by atoms with van der Waals surface area (Å²) in [7, 11) is -3.11. The maximum atomic E-state index is 12.5. The highest BCUT2D eigenvalue weighted by atomic mass is 35.5. The van der Waals surface area contributed by atoms with Crippen molar-refractivity contribution >= 4 is 39.4 Å². The lowest BCUT2D eigenvalue weighted by Crippen LogP contribution is -2.43. The molecule has 0 aliphatic carbocycles. The van der Waals surface area contributed by atoms with Gasteiger partial charge in [0.15, 0.2) is 16.4 Å². The molecule has 8 nitrogen and oxygen atoms in total. The molecular formula is C23H28ClN3O5S. The van der Waals surface area contributed by atoms with E-state index in [0.717, 1.165) is 22.5 Å². The van der Waals surface area contributed by atoms with Crippen LogP contribution in [0.15, 0.2) is 30.3 Å². The third-order valence-electron chi connectivity index (χ3n) is 5.75. The third kappa shape index (κ3) is 6.23. The van der Waals surface area contributed by atoms with Gasteiger partial charge in [-0.2, -0.15) is 5.10 Å². The van der Waals surface area contributed by atoms with Crippen molar-refractivity contribution in [2.24, 2.45) is 0 Å². The molecule has 0 spiro atoms. The molecule has 2 aromatic rings. The molecular weight excluding hydrogens is 466 g/mol.